The summed E-state index contributed by atoms with van der Waals surface area (Å²) in [7, 11) is 0. The third kappa shape index (κ3) is 5.60. The minimum Gasteiger partial charge on any atom is -0.442 e. The van der Waals surface area contributed by atoms with Crippen LogP contribution in [0.25, 0.3) is 10.8 Å². The number of rotatable bonds is 7. The number of nitrogens with two attached hydrogens (primary N) is 1. The summed E-state index contributed by atoms with van der Waals surface area (Å²) in [5, 5.41) is 15.1. The number of aliphatic hydroxyl groups is 1. The number of nitrogens with one attached hydrogen (secondary N) is 1. The highest BCUT2D eigenvalue weighted by Crippen LogP contribution is 2.25. The van der Waals surface area contributed by atoms with Gasteiger partial charge >= 0.3 is 0 Å². The van der Waals surface area contributed by atoms with Crippen molar-refractivity contribution in [2.75, 3.05) is 31.9 Å². The van der Waals surface area contributed by atoms with E-state index in [0.717, 1.165) is 29.4 Å². The molecule has 1 atom stereocenters. The van der Waals surface area contributed by atoms with E-state index in [1.165, 1.54) is 0 Å². The van der Waals surface area contributed by atoms with Gasteiger partial charge in [0, 0.05) is 40.6 Å². The predicted molar refractivity (Wildman–Crippen MR) is 127 cm³/mol. The van der Waals surface area contributed by atoms with Gasteiger partial charge < -0.3 is 25.5 Å². The molecular formula is C24H27ClN4O3. The van der Waals surface area contributed by atoms with Crippen LogP contribution in [0, 0.1) is 18.8 Å². The third-order valence-electron chi connectivity index (χ3n) is 5.19. The largest absolute Gasteiger partial charge is 0.442 e. The van der Waals surface area contributed by atoms with E-state index in [2.05, 4.69) is 27.0 Å². The van der Waals surface area contributed by atoms with Crippen molar-refractivity contribution < 1.29 is 14.3 Å². The van der Waals surface area contributed by atoms with E-state index in [0.29, 0.717) is 22.9 Å². The summed E-state index contributed by atoms with van der Waals surface area (Å²) >= 11 is 6.13. The molecule has 2 aromatic heterocycles. The molecule has 0 radical (unpaired) electrons. The van der Waals surface area contributed by atoms with Crippen LogP contribution in [0.4, 0.5) is 5.82 Å². The van der Waals surface area contributed by atoms with E-state index < -0.39 is 12.0 Å². The molecule has 1 unspecified atom stereocenters. The van der Waals surface area contributed by atoms with Crippen molar-refractivity contribution in [3.63, 3.8) is 0 Å². The number of halogens is 1. The smallest absolute Gasteiger partial charge is 0.287 e. The Bertz CT molecular complexity index is 1170. The van der Waals surface area contributed by atoms with Crippen molar-refractivity contribution in [3.05, 3.63) is 58.1 Å². The van der Waals surface area contributed by atoms with Crippen molar-refractivity contribution in [1.29, 1.82) is 0 Å². The number of pyridine rings is 1. The van der Waals surface area contributed by atoms with Crippen molar-refractivity contribution in [3.8, 4) is 11.8 Å². The van der Waals surface area contributed by atoms with Gasteiger partial charge in [0.2, 0.25) is 0 Å². The van der Waals surface area contributed by atoms with Gasteiger partial charge in [0.25, 0.3) is 5.91 Å². The normalized spacial score (nSPS) is 11.9. The van der Waals surface area contributed by atoms with E-state index >= 15 is 0 Å². The zero-order chi connectivity index (χ0) is 23.3. The molecule has 4 N–H and O–H groups in total. The number of aryl methyl sites for hydroxylation is 1. The van der Waals surface area contributed by atoms with Gasteiger partial charge in [-0.05, 0) is 44.1 Å². The number of fused-ring (bicyclic) bond motifs is 1. The van der Waals surface area contributed by atoms with Crippen molar-refractivity contribution >= 4 is 34.1 Å². The maximum absolute atomic E-state index is 12.5. The first-order chi connectivity index (χ1) is 15.3. The van der Waals surface area contributed by atoms with Gasteiger partial charge in [0.05, 0.1) is 11.7 Å². The number of amides is 1. The number of aromatic nitrogens is 1. The number of furan rings is 1. The summed E-state index contributed by atoms with van der Waals surface area (Å²) in [4.78, 5) is 18.7. The first-order valence-electron chi connectivity index (χ1n) is 10.5. The number of anilines is 1. The van der Waals surface area contributed by atoms with E-state index in [9.17, 15) is 9.90 Å². The molecular weight excluding hydrogens is 428 g/mol. The summed E-state index contributed by atoms with van der Waals surface area (Å²) in [6, 6.07) is 7.04. The fourth-order valence-electron chi connectivity index (χ4n) is 3.31. The molecule has 0 aliphatic carbocycles. The number of nitrogens with zero attached hydrogens (tertiary/aromatic N) is 2. The van der Waals surface area contributed by atoms with Gasteiger partial charge in [-0.1, -0.05) is 37.4 Å². The molecule has 1 amide bonds. The lowest BCUT2D eigenvalue weighted by Crippen LogP contribution is -2.40. The topological polar surface area (TPSA) is 105 Å². The molecule has 0 aliphatic rings. The van der Waals surface area contributed by atoms with Crippen molar-refractivity contribution in [2.45, 2.75) is 26.9 Å². The lowest BCUT2D eigenvalue weighted by atomic mass is 10.1. The van der Waals surface area contributed by atoms with Crippen LogP contribution in [0.1, 0.15) is 41.3 Å². The Balaban J connectivity index is 1.76. The molecule has 0 aliphatic heterocycles. The summed E-state index contributed by atoms with van der Waals surface area (Å²) in [6.07, 6.45) is 1.00. The zero-order valence-electron chi connectivity index (χ0n) is 18.4. The quantitative estimate of drug-likeness (QED) is 0.473. The molecule has 32 heavy (non-hydrogen) atoms. The van der Waals surface area contributed by atoms with Crippen LogP contribution in [-0.2, 0) is 0 Å². The predicted octanol–water partition coefficient (Wildman–Crippen LogP) is 3.20. The minimum absolute atomic E-state index is 0.133. The maximum Gasteiger partial charge on any atom is 0.287 e. The first kappa shape index (κ1) is 23.6. The number of benzene rings is 1. The summed E-state index contributed by atoms with van der Waals surface area (Å²) in [5.41, 5.74) is 7.30. The molecule has 168 valence electrons. The highest BCUT2D eigenvalue weighted by atomic mass is 35.5. The Morgan fingerprint density at radius 2 is 2.06 bits per heavy atom. The Labute approximate surface area is 192 Å². The number of hydrogen-bond donors (Lipinski definition) is 3. The van der Waals surface area contributed by atoms with Crippen molar-refractivity contribution in [1.82, 2.24) is 15.2 Å². The molecule has 1 aromatic carbocycles. The Hall–Kier alpha value is -3.05. The molecule has 3 rings (SSSR count). The monoisotopic (exact) mass is 454 g/mol. The molecule has 7 nitrogen and oxygen atoms in total. The fraction of sp³-hybridized carbons (Fsp3) is 0.333. The molecule has 0 saturated heterocycles. The van der Waals surface area contributed by atoms with Crippen LogP contribution >= 0.6 is 11.6 Å². The van der Waals surface area contributed by atoms with Crippen LogP contribution in [0.5, 0.6) is 0 Å². The maximum atomic E-state index is 12.5. The Morgan fingerprint density at radius 1 is 1.31 bits per heavy atom. The molecule has 0 bridgehead atoms. The van der Waals surface area contributed by atoms with E-state index in [1.54, 1.807) is 31.3 Å². The summed E-state index contributed by atoms with van der Waals surface area (Å²) in [5.74, 6) is 6.33. The summed E-state index contributed by atoms with van der Waals surface area (Å²) in [6.45, 7) is 8.16. The number of carbonyl (C=O) groups is 1. The van der Waals surface area contributed by atoms with Gasteiger partial charge in [-0.15, -0.1) is 0 Å². The Morgan fingerprint density at radius 3 is 2.78 bits per heavy atom. The number of carbonyl (C=O) groups excluding carboxylic acids is 1. The second-order valence-corrected chi connectivity index (χ2v) is 7.91. The van der Waals surface area contributed by atoms with Crippen LogP contribution in [-0.4, -0.2) is 53.2 Å². The number of likely N-dealkylation sites (N-methyl/N-ethyl adjacent to an activating group) is 1. The van der Waals surface area contributed by atoms with Gasteiger partial charge in [0.15, 0.2) is 11.5 Å². The van der Waals surface area contributed by atoms with Gasteiger partial charge in [-0.3, -0.25) is 4.79 Å². The molecule has 0 spiro atoms. The molecule has 0 fully saturated rings. The van der Waals surface area contributed by atoms with E-state index in [4.69, 9.17) is 21.8 Å². The number of nitrogen functional groups attached to an aromatic ring is 1. The number of aliphatic hydroxyl groups excluding tert-OH is 1. The standard InChI is InChI=1S/C24H27ClN4O3/c1-4-29(5-2)14-18(30)13-28-24(31)22-10-15(3)21(32-22)9-8-19-20-11-17(25)7-6-16(20)12-27-23(19)26/h6-7,10-12,18,30H,4-5,13-14H2,1-3H3,(H2,26,27)(H,28,31). The van der Waals surface area contributed by atoms with Gasteiger partial charge in [-0.2, -0.15) is 0 Å². The van der Waals surface area contributed by atoms with E-state index in [-0.39, 0.29) is 18.1 Å². The summed E-state index contributed by atoms with van der Waals surface area (Å²) < 4.78 is 5.66. The molecule has 3 aromatic rings. The second-order valence-electron chi connectivity index (χ2n) is 7.47. The van der Waals surface area contributed by atoms with Crippen LogP contribution in [0.15, 0.2) is 34.9 Å². The minimum atomic E-state index is -0.664. The highest BCUT2D eigenvalue weighted by Gasteiger charge is 2.16. The lowest BCUT2D eigenvalue weighted by Gasteiger charge is -2.21. The number of hydrogen-bond acceptors (Lipinski definition) is 6. The first-order valence-corrected chi connectivity index (χ1v) is 10.8. The lowest BCUT2D eigenvalue weighted by molar-refractivity contribution is 0.0845. The molecule has 0 saturated carbocycles. The second kappa shape index (κ2) is 10.5. The third-order valence-corrected chi connectivity index (χ3v) is 5.42. The van der Waals surface area contributed by atoms with Crippen LogP contribution in [0.2, 0.25) is 5.02 Å². The van der Waals surface area contributed by atoms with Gasteiger partial charge in [0.1, 0.15) is 5.82 Å². The zero-order valence-corrected chi connectivity index (χ0v) is 19.2. The fourth-order valence-corrected chi connectivity index (χ4v) is 3.48. The van der Waals surface area contributed by atoms with Crippen LogP contribution < -0.4 is 11.1 Å². The average molecular weight is 455 g/mol. The molecule has 8 heteroatoms. The average Bonchev–Trinajstić information content (AvgIpc) is 3.15. The highest BCUT2D eigenvalue weighted by molar-refractivity contribution is 6.31. The van der Waals surface area contributed by atoms with Gasteiger partial charge in [-0.25, -0.2) is 4.98 Å². The van der Waals surface area contributed by atoms with Crippen molar-refractivity contribution in [2.24, 2.45) is 0 Å². The van der Waals surface area contributed by atoms with E-state index in [1.807, 2.05) is 19.9 Å². The Kier molecular flexibility index (Phi) is 7.75. The molecule has 2 heterocycles. The SMILES string of the molecule is CCN(CC)CC(O)CNC(=O)c1cc(C)c(C#Cc2c(N)ncc3ccc(Cl)cc23)o1. The van der Waals surface area contributed by atoms with Crippen LogP contribution in [0.3, 0.4) is 0 Å².